The molecule has 0 unspecified atom stereocenters. The molecule has 0 fully saturated rings. The number of rotatable bonds is 6. The van der Waals surface area contributed by atoms with Gasteiger partial charge in [0, 0.05) is 23.2 Å². The summed E-state index contributed by atoms with van der Waals surface area (Å²) in [5, 5.41) is 0. The third-order valence-electron chi connectivity index (χ3n) is 2.32. The smallest absolute Gasteiger partial charge is 0.0369 e. The van der Waals surface area contributed by atoms with Gasteiger partial charge in [-0.25, -0.2) is 0 Å². The highest BCUT2D eigenvalue weighted by atomic mass is 79.9. The zero-order valence-corrected chi connectivity index (χ0v) is 10.8. The predicted octanol–water partition coefficient (Wildman–Crippen LogP) is 4.24. The van der Waals surface area contributed by atoms with E-state index in [1.54, 1.807) is 0 Å². The average Bonchev–Trinajstić information content (AvgIpc) is 2.25. The number of hydrogen-bond donors (Lipinski definition) is 0. The maximum atomic E-state index is 3.80. The van der Waals surface area contributed by atoms with Gasteiger partial charge in [0.15, 0.2) is 0 Å². The molecule has 0 amide bonds. The van der Waals surface area contributed by atoms with Crippen LogP contribution in [0.25, 0.3) is 0 Å². The third-order valence-corrected chi connectivity index (χ3v) is 2.85. The number of hydrogen-bond acceptors (Lipinski definition) is 1. The van der Waals surface area contributed by atoms with Crippen LogP contribution in [0.4, 0.5) is 5.69 Å². The van der Waals surface area contributed by atoms with Crippen molar-refractivity contribution in [1.29, 1.82) is 0 Å². The Labute approximate surface area is 101 Å². The van der Waals surface area contributed by atoms with E-state index in [0.29, 0.717) is 0 Å². The lowest BCUT2D eigenvalue weighted by Crippen LogP contribution is -2.24. The van der Waals surface area contributed by atoms with Crippen LogP contribution in [0.15, 0.2) is 41.4 Å². The van der Waals surface area contributed by atoms with Crippen LogP contribution in [-0.2, 0) is 0 Å². The van der Waals surface area contributed by atoms with Gasteiger partial charge in [-0.3, -0.25) is 0 Å². The standard InChI is InChI=1S/C13H18BrN/c1-3-5-11-15(10-4-2)13-8-6-12(14)7-9-13/h4,6-9H,2-3,5,10-11H2,1H3. The van der Waals surface area contributed by atoms with Gasteiger partial charge in [0.05, 0.1) is 0 Å². The Morgan fingerprint density at radius 1 is 1.33 bits per heavy atom. The van der Waals surface area contributed by atoms with Gasteiger partial charge in [-0.05, 0) is 30.7 Å². The largest absolute Gasteiger partial charge is 0.368 e. The summed E-state index contributed by atoms with van der Waals surface area (Å²) in [5.74, 6) is 0. The number of halogens is 1. The van der Waals surface area contributed by atoms with Crippen LogP contribution in [0.3, 0.4) is 0 Å². The summed E-state index contributed by atoms with van der Waals surface area (Å²) >= 11 is 3.45. The summed E-state index contributed by atoms with van der Waals surface area (Å²) in [6.07, 6.45) is 4.41. The van der Waals surface area contributed by atoms with E-state index in [-0.39, 0.29) is 0 Å². The molecule has 0 aliphatic heterocycles. The van der Waals surface area contributed by atoms with E-state index in [1.165, 1.54) is 18.5 Å². The normalized spacial score (nSPS) is 10.0. The van der Waals surface area contributed by atoms with E-state index in [1.807, 2.05) is 6.08 Å². The molecule has 15 heavy (non-hydrogen) atoms. The van der Waals surface area contributed by atoms with Gasteiger partial charge < -0.3 is 4.90 Å². The maximum Gasteiger partial charge on any atom is 0.0369 e. The fourth-order valence-corrected chi connectivity index (χ4v) is 1.75. The Morgan fingerprint density at radius 2 is 2.00 bits per heavy atom. The molecule has 0 saturated heterocycles. The lowest BCUT2D eigenvalue weighted by atomic mass is 10.2. The first-order chi connectivity index (χ1) is 7.27. The van der Waals surface area contributed by atoms with Gasteiger partial charge in [0.25, 0.3) is 0 Å². The first-order valence-electron chi connectivity index (χ1n) is 5.39. The zero-order valence-electron chi connectivity index (χ0n) is 9.25. The van der Waals surface area contributed by atoms with E-state index in [4.69, 9.17) is 0 Å². The second-order valence-corrected chi connectivity index (χ2v) is 4.48. The van der Waals surface area contributed by atoms with Crippen molar-refractivity contribution in [3.63, 3.8) is 0 Å². The monoisotopic (exact) mass is 267 g/mol. The second kappa shape index (κ2) is 6.67. The molecule has 0 N–H and O–H groups in total. The van der Waals surface area contributed by atoms with Crippen LogP contribution in [0.2, 0.25) is 0 Å². The summed E-state index contributed by atoms with van der Waals surface area (Å²) in [4.78, 5) is 2.35. The minimum atomic E-state index is 0.918. The highest BCUT2D eigenvalue weighted by molar-refractivity contribution is 9.10. The fourth-order valence-electron chi connectivity index (χ4n) is 1.48. The van der Waals surface area contributed by atoms with Crippen LogP contribution in [0.5, 0.6) is 0 Å². The van der Waals surface area contributed by atoms with Crippen molar-refractivity contribution < 1.29 is 0 Å². The zero-order chi connectivity index (χ0) is 11.1. The Bertz CT molecular complexity index is 292. The van der Waals surface area contributed by atoms with Crippen molar-refractivity contribution in [3.05, 3.63) is 41.4 Å². The van der Waals surface area contributed by atoms with Crippen molar-refractivity contribution >= 4 is 21.6 Å². The van der Waals surface area contributed by atoms with Gasteiger partial charge >= 0.3 is 0 Å². The summed E-state index contributed by atoms with van der Waals surface area (Å²) in [6, 6.07) is 8.45. The minimum absolute atomic E-state index is 0.918. The van der Waals surface area contributed by atoms with Crippen molar-refractivity contribution in [3.8, 4) is 0 Å². The van der Waals surface area contributed by atoms with E-state index < -0.39 is 0 Å². The molecule has 82 valence electrons. The number of unbranched alkanes of at least 4 members (excludes halogenated alkanes) is 1. The Balaban J connectivity index is 2.69. The van der Waals surface area contributed by atoms with Crippen LogP contribution < -0.4 is 4.90 Å². The van der Waals surface area contributed by atoms with Gasteiger partial charge in [-0.15, -0.1) is 6.58 Å². The molecule has 0 aliphatic rings. The number of anilines is 1. The highest BCUT2D eigenvalue weighted by Crippen LogP contribution is 2.18. The van der Waals surface area contributed by atoms with Gasteiger partial charge in [0.1, 0.15) is 0 Å². The van der Waals surface area contributed by atoms with Crippen molar-refractivity contribution in [2.45, 2.75) is 19.8 Å². The molecule has 0 bridgehead atoms. The molecule has 2 heteroatoms. The van der Waals surface area contributed by atoms with Gasteiger partial charge in [-0.1, -0.05) is 35.4 Å². The number of nitrogens with zero attached hydrogens (tertiary/aromatic N) is 1. The molecular weight excluding hydrogens is 250 g/mol. The molecule has 0 spiro atoms. The molecular formula is C13H18BrN. The van der Waals surface area contributed by atoms with E-state index in [2.05, 4.69) is 58.6 Å². The highest BCUT2D eigenvalue weighted by Gasteiger charge is 2.03. The Morgan fingerprint density at radius 3 is 2.53 bits per heavy atom. The van der Waals surface area contributed by atoms with E-state index >= 15 is 0 Å². The lowest BCUT2D eigenvalue weighted by molar-refractivity contribution is 0.746. The van der Waals surface area contributed by atoms with E-state index in [9.17, 15) is 0 Å². The molecule has 0 aromatic heterocycles. The van der Waals surface area contributed by atoms with Crippen LogP contribution >= 0.6 is 15.9 Å². The molecule has 1 rings (SSSR count). The van der Waals surface area contributed by atoms with Gasteiger partial charge in [0.2, 0.25) is 0 Å². The topological polar surface area (TPSA) is 3.24 Å². The molecule has 0 aliphatic carbocycles. The van der Waals surface area contributed by atoms with Crippen molar-refractivity contribution in [1.82, 2.24) is 0 Å². The molecule has 0 radical (unpaired) electrons. The Hall–Kier alpha value is -0.760. The third kappa shape index (κ3) is 4.08. The van der Waals surface area contributed by atoms with Gasteiger partial charge in [-0.2, -0.15) is 0 Å². The van der Waals surface area contributed by atoms with Crippen molar-refractivity contribution in [2.75, 3.05) is 18.0 Å². The second-order valence-electron chi connectivity index (χ2n) is 3.56. The molecule has 1 aromatic rings. The predicted molar refractivity (Wildman–Crippen MR) is 71.5 cm³/mol. The maximum absolute atomic E-state index is 3.80. The first-order valence-corrected chi connectivity index (χ1v) is 6.18. The molecule has 0 heterocycles. The lowest BCUT2D eigenvalue weighted by Gasteiger charge is -2.23. The van der Waals surface area contributed by atoms with Crippen LogP contribution in [-0.4, -0.2) is 13.1 Å². The fraction of sp³-hybridized carbons (Fsp3) is 0.385. The van der Waals surface area contributed by atoms with E-state index in [0.717, 1.165) is 17.6 Å². The summed E-state index contributed by atoms with van der Waals surface area (Å²) in [6.45, 7) is 8.04. The SMILES string of the molecule is C=CCN(CCCC)c1ccc(Br)cc1. The molecule has 0 atom stereocenters. The minimum Gasteiger partial charge on any atom is -0.368 e. The van der Waals surface area contributed by atoms with Crippen LogP contribution in [0.1, 0.15) is 19.8 Å². The molecule has 0 saturated carbocycles. The average molecular weight is 268 g/mol. The summed E-state index contributed by atoms with van der Waals surface area (Å²) < 4.78 is 1.13. The quantitative estimate of drug-likeness (QED) is 0.697. The Kier molecular flexibility index (Phi) is 5.48. The van der Waals surface area contributed by atoms with Crippen LogP contribution in [0, 0.1) is 0 Å². The number of benzene rings is 1. The molecule has 1 nitrogen and oxygen atoms in total. The molecule has 1 aromatic carbocycles. The summed E-state index contributed by atoms with van der Waals surface area (Å²) in [5.41, 5.74) is 1.27. The van der Waals surface area contributed by atoms with Crippen molar-refractivity contribution in [2.24, 2.45) is 0 Å². The first kappa shape index (κ1) is 12.3. The summed E-state index contributed by atoms with van der Waals surface area (Å²) in [7, 11) is 0.